The number of carbonyl (C=O) groups excluding carboxylic acids is 1. The molecule has 3 heterocycles. The van der Waals surface area contributed by atoms with E-state index in [2.05, 4.69) is 23.0 Å². The third kappa shape index (κ3) is 2.20. The van der Waals surface area contributed by atoms with Gasteiger partial charge in [-0.25, -0.2) is 0 Å². The van der Waals surface area contributed by atoms with Crippen molar-refractivity contribution in [2.75, 3.05) is 7.05 Å². The summed E-state index contributed by atoms with van der Waals surface area (Å²) in [6.07, 6.45) is 6.35. The molecule has 0 aliphatic carbocycles. The minimum atomic E-state index is 0.183. The van der Waals surface area contributed by atoms with Gasteiger partial charge in [-0.1, -0.05) is 6.07 Å². The maximum atomic E-state index is 12.7. The highest BCUT2D eigenvalue weighted by Crippen LogP contribution is 2.38. The van der Waals surface area contributed by atoms with Gasteiger partial charge in [0.15, 0.2) is 5.78 Å². The molecule has 3 heteroatoms. The van der Waals surface area contributed by atoms with E-state index in [-0.39, 0.29) is 11.7 Å². The Morgan fingerprint density at radius 2 is 1.89 bits per heavy atom. The summed E-state index contributed by atoms with van der Waals surface area (Å²) in [6.45, 7) is 4.01. The lowest BCUT2D eigenvalue weighted by molar-refractivity contribution is 0.0761. The standard InChI is InChI=1S/C16H22N2O/c1-10-6-11(2)15(17-9-10)16(19)12-7-13-4-5-14(8-12)18(13)3/h6,9,12-14H,4-5,7-8H2,1-3H3. The van der Waals surface area contributed by atoms with E-state index in [1.54, 1.807) is 0 Å². The minimum Gasteiger partial charge on any atom is -0.300 e. The molecule has 0 saturated carbocycles. The van der Waals surface area contributed by atoms with Crippen LogP contribution in [0.3, 0.4) is 0 Å². The van der Waals surface area contributed by atoms with Crippen molar-refractivity contribution in [3.63, 3.8) is 0 Å². The van der Waals surface area contributed by atoms with Gasteiger partial charge in [-0.2, -0.15) is 0 Å². The summed E-state index contributed by atoms with van der Waals surface area (Å²) in [5.74, 6) is 0.449. The quantitative estimate of drug-likeness (QED) is 0.765. The van der Waals surface area contributed by atoms with Gasteiger partial charge in [0.1, 0.15) is 5.69 Å². The Labute approximate surface area is 115 Å². The molecule has 3 nitrogen and oxygen atoms in total. The molecule has 0 N–H and O–H groups in total. The summed E-state index contributed by atoms with van der Waals surface area (Å²) in [4.78, 5) is 19.5. The van der Waals surface area contributed by atoms with E-state index in [1.165, 1.54) is 12.8 Å². The molecule has 19 heavy (non-hydrogen) atoms. The molecule has 3 rings (SSSR count). The van der Waals surface area contributed by atoms with Crippen molar-refractivity contribution in [3.8, 4) is 0 Å². The van der Waals surface area contributed by atoms with Crippen LogP contribution in [0.1, 0.15) is 47.3 Å². The smallest absolute Gasteiger partial charge is 0.184 e. The number of hydrogen-bond donors (Lipinski definition) is 0. The van der Waals surface area contributed by atoms with Crippen molar-refractivity contribution in [1.82, 2.24) is 9.88 Å². The highest BCUT2D eigenvalue weighted by molar-refractivity contribution is 5.97. The second-order valence-corrected chi connectivity index (χ2v) is 6.26. The van der Waals surface area contributed by atoms with Gasteiger partial charge in [0.2, 0.25) is 0 Å². The summed E-state index contributed by atoms with van der Waals surface area (Å²) in [5, 5.41) is 0. The SMILES string of the molecule is Cc1cnc(C(=O)C2CC3CCC(C2)N3C)c(C)c1. The lowest BCUT2D eigenvalue weighted by Gasteiger charge is -2.35. The van der Waals surface area contributed by atoms with Crippen molar-refractivity contribution in [1.29, 1.82) is 0 Å². The van der Waals surface area contributed by atoms with Crippen LogP contribution in [0.4, 0.5) is 0 Å². The summed E-state index contributed by atoms with van der Waals surface area (Å²) < 4.78 is 0. The molecule has 2 saturated heterocycles. The number of aryl methyl sites for hydroxylation is 2. The number of carbonyl (C=O) groups is 1. The molecule has 2 bridgehead atoms. The topological polar surface area (TPSA) is 33.2 Å². The fourth-order valence-electron chi connectivity index (χ4n) is 3.79. The van der Waals surface area contributed by atoms with Gasteiger partial charge in [-0.05, 0) is 57.7 Å². The van der Waals surface area contributed by atoms with Crippen LogP contribution in [0.15, 0.2) is 12.3 Å². The van der Waals surface area contributed by atoms with Crippen LogP contribution in [0.5, 0.6) is 0 Å². The number of ketones is 1. The molecule has 2 unspecified atom stereocenters. The molecule has 2 aliphatic rings. The van der Waals surface area contributed by atoms with Crippen LogP contribution in [0, 0.1) is 19.8 Å². The van der Waals surface area contributed by atoms with Gasteiger partial charge < -0.3 is 4.90 Å². The first-order chi connectivity index (χ1) is 9.06. The van der Waals surface area contributed by atoms with E-state index in [1.807, 2.05) is 20.0 Å². The van der Waals surface area contributed by atoms with Crippen molar-refractivity contribution < 1.29 is 4.79 Å². The number of piperidine rings is 1. The van der Waals surface area contributed by atoms with Gasteiger partial charge >= 0.3 is 0 Å². The van der Waals surface area contributed by atoms with Crippen molar-refractivity contribution in [2.24, 2.45) is 5.92 Å². The Morgan fingerprint density at radius 1 is 1.26 bits per heavy atom. The fourth-order valence-corrected chi connectivity index (χ4v) is 3.79. The maximum Gasteiger partial charge on any atom is 0.184 e. The van der Waals surface area contributed by atoms with Crippen LogP contribution >= 0.6 is 0 Å². The molecule has 2 fully saturated rings. The Hall–Kier alpha value is -1.22. The summed E-state index contributed by atoms with van der Waals surface area (Å²) in [5.41, 5.74) is 2.84. The van der Waals surface area contributed by atoms with E-state index < -0.39 is 0 Å². The first-order valence-corrected chi connectivity index (χ1v) is 7.25. The molecule has 0 aromatic carbocycles. The van der Waals surface area contributed by atoms with E-state index in [0.717, 1.165) is 24.0 Å². The molecular weight excluding hydrogens is 236 g/mol. The van der Waals surface area contributed by atoms with Gasteiger partial charge in [0, 0.05) is 24.2 Å². The number of hydrogen-bond acceptors (Lipinski definition) is 3. The molecule has 0 amide bonds. The molecule has 1 aromatic heterocycles. The van der Waals surface area contributed by atoms with Gasteiger partial charge in [-0.15, -0.1) is 0 Å². The van der Waals surface area contributed by atoms with Gasteiger partial charge in [-0.3, -0.25) is 9.78 Å². The van der Waals surface area contributed by atoms with Gasteiger partial charge in [0.25, 0.3) is 0 Å². The van der Waals surface area contributed by atoms with E-state index in [4.69, 9.17) is 0 Å². The largest absolute Gasteiger partial charge is 0.300 e. The van der Waals surface area contributed by atoms with Crippen LogP contribution in [0.2, 0.25) is 0 Å². The lowest BCUT2D eigenvalue weighted by Crippen LogP contribution is -2.42. The molecule has 0 radical (unpaired) electrons. The summed E-state index contributed by atoms with van der Waals surface area (Å²) in [6, 6.07) is 3.28. The zero-order chi connectivity index (χ0) is 13.6. The number of Topliss-reactive ketones (excluding diaryl/α,β-unsaturated/α-hetero) is 1. The van der Waals surface area contributed by atoms with Crippen molar-refractivity contribution >= 4 is 5.78 Å². The zero-order valence-electron chi connectivity index (χ0n) is 12.0. The Balaban J connectivity index is 1.81. The van der Waals surface area contributed by atoms with Crippen molar-refractivity contribution in [3.05, 3.63) is 29.1 Å². The second kappa shape index (κ2) is 4.71. The Kier molecular flexibility index (Phi) is 3.17. The highest BCUT2D eigenvalue weighted by Gasteiger charge is 2.41. The van der Waals surface area contributed by atoms with Crippen LogP contribution < -0.4 is 0 Å². The number of pyridine rings is 1. The second-order valence-electron chi connectivity index (χ2n) is 6.26. The highest BCUT2D eigenvalue weighted by atomic mass is 16.1. The predicted molar refractivity (Wildman–Crippen MR) is 75.3 cm³/mol. The summed E-state index contributed by atoms with van der Waals surface area (Å²) >= 11 is 0. The van der Waals surface area contributed by atoms with Crippen LogP contribution in [0.25, 0.3) is 0 Å². The average molecular weight is 258 g/mol. The molecule has 0 spiro atoms. The lowest BCUT2D eigenvalue weighted by atomic mass is 9.85. The number of aromatic nitrogens is 1. The first-order valence-electron chi connectivity index (χ1n) is 7.25. The Morgan fingerprint density at radius 3 is 2.47 bits per heavy atom. The van der Waals surface area contributed by atoms with E-state index >= 15 is 0 Å². The number of rotatable bonds is 2. The monoisotopic (exact) mass is 258 g/mol. The van der Waals surface area contributed by atoms with E-state index in [0.29, 0.717) is 17.8 Å². The zero-order valence-corrected chi connectivity index (χ0v) is 12.0. The third-order valence-corrected chi connectivity index (χ3v) is 4.92. The average Bonchev–Trinajstić information content (AvgIpc) is 2.61. The van der Waals surface area contributed by atoms with Crippen molar-refractivity contribution in [2.45, 2.75) is 51.6 Å². The van der Waals surface area contributed by atoms with Crippen LogP contribution in [-0.4, -0.2) is 34.8 Å². The molecular formula is C16H22N2O. The first kappa shape index (κ1) is 12.8. The number of nitrogens with zero attached hydrogens (tertiary/aromatic N) is 2. The predicted octanol–water partition coefficient (Wildman–Crippen LogP) is 2.75. The third-order valence-electron chi connectivity index (χ3n) is 4.92. The van der Waals surface area contributed by atoms with Gasteiger partial charge in [0.05, 0.1) is 0 Å². The number of fused-ring (bicyclic) bond motifs is 2. The van der Waals surface area contributed by atoms with E-state index in [9.17, 15) is 4.79 Å². The molecule has 2 aliphatic heterocycles. The van der Waals surface area contributed by atoms with Crippen LogP contribution in [-0.2, 0) is 0 Å². The molecule has 102 valence electrons. The molecule has 1 aromatic rings. The summed E-state index contributed by atoms with van der Waals surface area (Å²) in [7, 11) is 2.21. The normalized spacial score (nSPS) is 30.6. The Bertz CT molecular complexity index is 497. The molecule has 2 atom stereocenters. The maximum absolute atomic E-state index is 12.7. The fraction of sp³-hybridized carbons (Fsp3) is 0.625. The minimum absolute atomic E-state index is 0.183.